The van der Waals surface area contributed by atoms with E-state index >= 15 is 0 Å². The Kier molecular flexibility index (Phi) is 6.46. The first-order valence-electron chi connectivity index (χ1n) is 7.94. The van der Waals surface area contributed by atoms with Gasteiger partial charge in [-0.2, -0.15) is 0 Å². The Hall–Kier alpha value is -2.24. The molecule has 0 saturated heterocycles. The maximum absolute atomic E-state index is 10.7. The average molecular weight is 330 g/mol. The summed E-state index contributed by atoms with van der Waals surface area (Å²) in [5.41, 5.74) is 2.03. The Balaban J connectivity index is 2.32. The first-order valence-corrected chi connectivity index (χ1v) is 7.94. The summed E-state index contributed by atoms with van der Waals surface area (Å²) in [6.45, 7) is 0.497. The van der Waals surface area contributed by atoms with Gasteiger partial charge in [-0.3, -0.25) is 0 Å². The fourth-order valence-corrected chi connectivity index (χ4v) is 2.80. The first-order chi connectivity index (χ1) is 11.6. The number of aliphatic hydroxyl groups excluding tert-OH is 1. The number of nitrogens with zero attached hydrogens (tertiary/aromatic N) is 1. The highest BCUT2D eigenvalue weighted by molar-refractivity contribution is 5.51. The Labute approximate surface area is 143 Å². The number of benzene rings is 2. The number of hydrogen-bond donors (Lipinski definition) is 2. The highest BCUT2D eigenvalue weighted by Crippen LogP contribution is 2.30. The molecule has 24 heavy (non-hydrogen) atoms. The summed E-state index contributed by atoms with van der Waals surface area (Å²) >= 11 is 0. The van der Waals surface area contributed by atoms with Crippen molar-refractivity contribution < 1.29 is 14.6 Å². The standard InChI is InChI=1S/C19H26N2O3/c1-20-13-18(22)19(14-5-9-16(23-3)10-6-14)21(2)15-7-11-17(24-4)12-8-15/h5-12,18-20,22H,13H2,1-4H3/t18-,19+/m1/s1. The molecule has 2 aromatic carbocycles. The number of aliphatic hydroxyl groups is 1. The van der Waals surface area contributed by atoms with Crippen molar-refractivity contribution in [2.24, 2.45) is 0 Å². The third-order valence-electron chi connectivity index (χ3n) is 4.13. The summed E-state index contributed by atoms with van der Waals surface area (Å²) in [6.07, 6.45) is -0.560. The minimum Gasteiger partial charge on any atom is -0.497 e. The zero-order valence-electron chi connectivity index (χ0n) is 14.7. The van der Waals surface area contributed by atoms with Crippen LogP contribution >= 0.6 is 0 Å². The van der Waals surface area contributed by atoms with Gasteiger partial charge in [-0.25, -0.2) is 0 Å². The van der Waals surface area contributed by atoms with Crippen LogP contribution in [-0.4, -0.2) is 46.1 Å². The number of rotatable bonds is 8. The molecule has 0 aromatic heterocycles. The molecule has 0 bridgehead atoms. The van der Waals surface area contributed by atoms with Crippen molar-refractivity contribution in [3.05, 3.63) is 54.1 Å². The lowest BCUT2D eigenvalue weighted by atomic mass is 9.99. The second-order valence-electron chi connectivity index (χ2n) is 5.65. The monoisotopic (exact) mass is 330 g/mol. The molecule has 2 N–H and O–H groups in total. The maximum Gasteiger partial charge on any atom is 0.119 e. The molecular formula is C19H26N2O3. The number of nitrogens with one attached hydrogen (secondary N) is 1. The third-order valence-corrected chi connectivity index (χ3v) is 4.13. The lowest BCUT2D eigenvalue weighted by molar-refractivity contribution is 0.142. The van der Waals surface area contributed by atoms with E-state index < -0.39 is 6.10 Å². The van der Waals surface area contributed by atoms with Gasteiger partial charge in [0.1, 0.15) is 11.5 Å². The first kappa shape index (κ1) is 18.1. The van der Waals surface area contributed by atoms with Crippen LogP contribution in [0.3, 0.4) is 0 Å². The Morgan fingerprint density at radius 3 is 1.92 bits per heavy atom. The topological polar surface area (TPSA) is 54.0 Å². The van der Waals surface area contributed by atoms with Crippen molar-refractivity contribution in [2.75, 3.05) is 39.8 Å². The normalized spacial score (nSPS) is 13.2. The summed E-state index contributed by atoms with van der Waals surface area (Å²) < 4.78 is 10.4. The highest BCUT2D eigenvalue weighted by Gasteiger charge is 2.25. The number of methoxy groups -OCH3 is 2. The summed E-state index contributed by atoms with van der Waals surface area (Å²) in [5, 5.41) is 13.7. The van der Waals surface area contributed by atoms with Gasteiger partial charge < -0.3 is 24.8 Å². The summed E-state index contributed by atoms with van der Waals surface area (Å²) in [4.78, 5) is 2.07. The second kappa shape index (κ2) is 8.57. The number of hydrogen-bond acceptors (Lipinski definition) is 5. The Morgan fingerprint density at radius 1 is 0.958 bits per heavy atom. The van der Waals surface area contributed by atoms with Crippen LogP contribution in [0.1, 0.15) is 11.6 Å². The van der Waals surface area contributed by atoms with E-state index in [4.69, 9.17) is 9.47 Å². The van der Waals surface area contributed by atoms with Crippen LogP contribution in [-0.2, 0) is 0 Å². The molecule has 0 aliphatic rings. The number of likely N-dealkylation sites (N-methyl/N-ethyl adjacent to an activating group) is 2. The lowest BCUT2D eigenvalue weighted by Crippen LogP contribution is -2.39. The quantitative estimate of drug-likeness (QED) is 0.779. The molecule has 0 fully saturated rings. The number of anilines is 1. The van der Waals surface area contributed by atoms with Gasteiger partial charge in [-0.1, -0.05) is 12.1 Å². The van der Waals surface area contributed by atoms with E-state index in [0.717, 1.165) is 22.7 Å². The maximum atomic E-state index is 10.7. The van der Waals surface area contributed by atoms with Crippen LogP contribution in [0.4, 0.5) is 5.69 Å². The average Bonchev–Trinajstić information content (AvgIpc) is 2.62. The summed E-state index contributed by atoms with van der Waals surface area (Å²) in [6, 6.07) is 15.4. The van der Waals surface area contributed by atoms with E-state index in [9.17, 15) is 5.11 Å². The molecule has 0 amide bonds. The molecule has 0 saturated carbocycles. The van der Waals surface area contributed by atoms with Gasteiger partial charge in [0.15, 0.2) is 0 Å². The van der Waals surface area contributed by atoms with E-state index in [-0.39, 0.29) is 6.04 Å². The van der Waals surface area contributed by atoms with Gasteiger partial charge in [-0.05, 0) is 49.0 Å². The summed E-state index contributed by atoms with van der Waals surface area (Å²) in [7, 11) is 7.11. The van der Waals surface area contributed by atoms with Gasteiger partial charge >= 0.3 is 0 Å². The van der Waals surface area contributed by atoms with E-state index in [0.29, 0.717) is 6.54 Å². The fourth-order valence-electron chi connectivity index (χ4n) is 2.80. The molecular weight excluding hydrogens is 304 g/mol. The number of ether oxygens (including phenoxy) is 2. The van der Waals surface area contributed by atoms with Crippen LogP contribution in [0, 0.1) is 0 Å². The molecule has 2 rings (SSSR count). The van der Waals surface area contributed by atoms with E-state index in [1.807, 2.05) is 62.6 Å². The van der Waals surface area contributed by atoms with Gasteiger partial charge in [0.05, 0.1) is 26.4 Å². The molecule has 0 spiro atoms. The minimum atomic E-state index is -0.560. The molecule has 0 aliphatic carbocycles. The molecule has 2 atom stereocenters. The van der Waals surface area contributed by atoms with Crippen LogP contribution in [0.5, 0.6) is 11.5 Å². The highest BCUT2D eigenvalue weighted by atomic mass is 16.5. The molecule has 0 heterocycles. The largest absolute Gasteiger partial charge is 0.497 e. The van der Waals surface area contributed by atoms with Gasteiger partial charge in [0.2, 0.25) is 0 Å². The minimum absolute atomic E-state index is 0.184. The molecule has 130 valence electrons. The Bertz CT molecular complexity index is 614. The third kappa shape index (κ3) is 4.19. The van der Waals surface area contributed by atoms with Crippen molar-refractivity contribution in [3.8, 4) is 11.5 Å². The van der Waals surface area contributed by atoms with Gasteiger partial charge in [0, 0.05) is 19.3 Å². The lowest BCUT2D eigenvalue weighted by Gasteiger charge is -2.34. The van der Waals surface area contributed by atoms with Crippen LogP contribution < -0.4 is 19.7 Å². The van der Waals surface area contributed by atoms with E-state index in [1.54, 1.807) is 14.2 Å². The smallest absolute Gasteiger partial charge is 0.119 e. The predicted octanol–water partition coefficient (Wildman–Crippen LogP) is 2.46. The van der Waals surface area contributed by atoms with Gasteiger partial charge in [0.25, 0.3) is 0 Å². The van der Waals surface area contributed by atoms with Crippen molar-refractivity contribution >= 4 is 5.69 Å². The van der Waals surface area contributed by atoms with E-state index in [2.05, 4.69) is 10.2 Å². The second-order valence-corrected chi connectivity index (χ2v) is 5.65. The van der Waals surface area contributed by atoms with Crippen molar-refractivity contribution in [3.63, 3.8) is 0 Å². The molecule has 0 radical (unpaired) electrons. The van der Waals surface area contributed by atoms with Crippen molar-refractivity contribution in [1.29, 1.82) is 0 Å². The molecule has 2 aromatic rings. The van der Waals surface area contributed by atoms with Crippen LogP contribution in [0.15, 0.2) is 48.5 Å². The fraction of sp³-hybridized carbons (Fsp3) is 0.368. The molecule has 5 heteroatoms. The zero-order chi connectivity index (χ0) is 17.5. The van der Waals surface area contributed by atoms with Crippen LogP contribution in [0.25, 0.3) is 0 Å². The molecule has 0 aliphatic heterocycles. The van der Waals surface area contributed by atoms with Crippen molar-refractivity contribution in [2.45, 2.75) is 12.1 Å². The summed E-state index contributed by atoms with van der Waals surface area (Å²) in [5.74, 6) is 1.61. The molecule has 0 unspecified atom stereocenters. The zero-order valence-corrected chi connectivity index (χ0v) is 14.7. The predicted molar refractivity (Wildman–Crippen MR) is 97.1 cm³/mol. The Morgan fingerprint density at radius 2 is 1.46 bits per heavy atom. The van der Waals surface area contributed by atoms with Crippen LogP contribution in [0.2, 0.25) is 0 Å². The van der Waals surface area contributed by atoms with Crippen molar-refractivity contribution in [1.82, 2.24) is 5.32 Å². The van der Waals surface area contributed by atoms with E-state index in [1.165, 1.54) is 0 Å². The molecule has 5 nitrogen and oxygen atoms in total. The van der Waals surface area contributed by atoms with Gasteiger partial charge in [-0.15, -0.1) is 0 Å². The SMILES string of the molecule is CNC[C@@H](O)[C@H](c1ccc(OC)cc1)N(C)c1ccc(OC)cc1.